The quantitative estimate of drug-likeness (QED) is 0.922. The van der Waals surface area contributed by atoms with Crippen LogP contribution in [0.1, 0.15) is 5.56 Å². The molecule has 22 heavy (non-hydrogen) atoms. The van der Waals surface area contributed by atoms with Gasteiger partial charge in [-0.25, -0.2) is 8.78 Å². The van der Waals surface area contributed by atoms with Crippen LogP contribution in [0, 0.1) is 11.3 Å². The predicted molar refractivity (Wildman–Crippen MR) is 78.3 cm³/mol. The molecule has 2 saturated heterocycles. The number of hydrogen-bond acceptors (Lipinski definition) is 3. The summed E-state index contributed by atoms with van der Waals surface area (Å²) in [7, 11) is 0. The van der Waals surface area contributed by atoms with Crippen LogP contribution in [0.25, 0.3) is 0 Å². The number of benzene rings is 1. The van der Waals surface area contributed by atoms with E-state index in [9.17, 15) is 18.7 Å². The first-order chi connectivity index (χ1) is 9.96. The minimum Gasteiger partial charge on any atom is -0.481 e. The van der Waals surface area contributed by atoms with Gasteiger partial charge in [0, 0.05) is 19.6 Å². The fourth-order valence-corrected chi connectivity index (χ4v) is 3.28. The fraction of sp³-hybridized carbons (Fsp3) is 0.533. The van der Waals surface area contributed by atoms with Gasteiger partial charge in [-0.05, 0) is 5.56 Å². The van der Waals surface area contributed by atoms with Crippen LogP contribution in [0.5, 0.6) is 0 Å². The molecule has 0 spiro atoms. The normalized spacial score (nSPS) is 30.4. The highest BCUT2D eigenvalue weighted by atomic mass is 35.5. The summed E-state index contributed by atoms with van der Waals surface area (Å²) in [5.74, 6) is -5.78. The van der Waals surface area contributed by atoms with E-state index < -0.39 is 29.8 Å². The Morgan fingerprint density at radius 1 is 1.36 bits per heavy atom. The van der Waals surface area contributed by atoms with Crippen LogP contribution >= 0.6 is 12.4 Å². The molecule has 0 saturated carbocycles. The zero-order chi connectivity index (χ0) is 15.1. The lowest BCUT2D eigenvalue weighted by Crippen LogP contribution is -2.69. The first-order valence-electron chi connectivity index (χ1n) is 6.91. The van der Waals surface area contributed by atoms with Gasteiger partial charge in [0.2, 0.25) is 0 Å². The molecule has 0 aromatic heterocycles. The summed E-state index contributed by atoms with van der Waals surface area (Å²) in [5.41, 5.74) is -1.15. The van der Waals surface area contributed by atoms with Gasteiger partial charge in [0.05, 0.1) is 19.1 Å². The Morgan fingerprint density at radius 2 is 2.05 bits per heavy atom. The number of carbonyl (C=O) groups is 1. The second-order valence-corrected chi connectivity index (χ2v) is 5.88. The number of hydrogen-bond donors (Lipinski definition) is 1. The van der Waals surface area contributed by atoms with Gasteiger partial charge in [0.15, 0.2) is 5.41 Å². The summed E-state index contributed by atoms with van der Waals surface area (Å²) in [6, 6.07) is 9.46. The van der Waals surface area contributed by atoms with E-state index in [-0.39, 0.29) is 32.1 Å². The Morgan fingerprint density at radius 3 is 2.68 bits per heavy atom. The minimum absolute atomic E-state index is 0. The Labute approximate surface area is 133 Å². The molecule has 2 aliphatic heterocycles. The number of rotatable bonds is 3. The number of nitrogens with zero attached hydrogens (tertiary/aromatic N) is 1. The van der Waals surface area contributed by atoms with E-state index in [1.807, 2.05) is 30.3 Å². The Hall–Kier alpha value is -1.24. The average molecular weight is 334 g/mol. The SMILES string of the molecule is Cl.O=C(O)C12COCC(CN(Cc3ccccc3)C1)C2(F)F. The lowest BCUT2D eigenvalue weighted by Gasteiger charge is -2.52. The van der Waals surface area contributed by atoms with Crippen molar-refractivity contribution in [2.45, 2.75) is 12.5 Å². The summed E-state index contributed by atoms with van der Waals surface area (Å²) >= 11 is 0. The molecule has 2 atom stereocenters. The molecule has 1 aromatic carbocycles. The zero-order valence-electron chi connectivity index (χ0n) is 11.9. The number of aliphatic carboxylic acids is 1. The van der Waals surface area contributed by atoms with E-state index in [1.165, 1.54) is 0 Å². The molecule has 7 heteroatoms. The summed E-state index contributed by atoms with van der Waals surface area (Å²) in [4.78, 5) is 13.3. The molecule has 2 unspecified atom stereocenters. The molecule has 3 rings (SSSR count). The maximum Gasteiger partial charge on any atom is 0.319 e. The van der Waals surface area contributed by atoms with Gasteiger partial charge in [-0.2, -0.15) is 0 Å². The molecule has 0 aliphatic carbocycles. The van der Waals surface area contributed by atoms with Crippen molar-refractivity contribution in [2.75, 3.05) is 26.3 Å². The van der Waals surface area contributed by atoms with Crippen LogP contribution in [0.4, 0.5) is 8.78 Å². The van der Waals surface area contributed by atoms with Crippen LogP contribution in [-0.2, 0) is 16.1 Å². The van der Waals surface area contributed by atoms with Crippen LogP contribution < -0.4 is 0 Å². The summed E-state index contributed by atoms with van der Waals surface area (Å²) < 4.78 is 34.0. The van der Waals surface area contributed by atoms with Crippen molar-refractivity contribution < 1.29 is 23.4 Å². The third-order valence-electron chi connectivity index (χ3n) is 4.45. The lowest BCUT2D eigenvalue weighted by atomic mass is 9.70. The van der Waals surface area contributed by atoms with Gasteiger partial charge in [0.25, 0.3) is 5.92 Å². The van der Waals surface area contributed by atoms with E-state index in [4.69, 9.17) is 4.74 Å². The summed E-state index contributed by atoms with van der Waals surface area (Å²) in [5, 5.41) is 9.37. The third kappa shape index (κ3) is 2.59. The van der Waals surface area contributed by atoms with Crippen molar-refractivity contribution in [1.82, 2.24) is 4.90 Å². The maximum absolute atomic E-state index is 14.4. The van der Waals surface area contributed by atoms with Crippen molar-refractivity contribution in [2.24, 2.45) is 11.3 Å². The predicted octanol–water partition coefficient (Wildman–Crippen LogP) is 2.28. The van der Waals surface area contributed by atoms with Gasteiger partial charge in [0.1, 0.15) is 0 Å². The number of alkyl halides is 2. The van der Waals surface area contributed by atoms with Crippen molar-refractivity contribution in [3.05, 3.63) is 35.9 Å². The van der Waals surface area contributed by atoms with E-state index >= 15 is 0 Å². The molecule has 0 amide bonds. The van der Waals surface area contributed by atoms with Crippen molar-refractivity contribution in [1.29, 1.82) is 0 Å². The van der Waals surface area contributed by atoms with Crippen molar-refractivity contribution >= 4 is 18.4 Å². The fourth-order valence-electron chi connectivity index (χ4n) is 3.28. The average Bonchev–Trinajstić information content (AvgIpc) is 2.40. The van der Waals surface area contributed by atoms with Crippen LogP contribution in [0.3, 0.4) is 0 Å². The maximum atomic E-state index is 14.4. The van der Waals surface area contributed by atoms with Gasteiger partial charge < -0.3 is 9.84 Å². The molecular formula is C15H18ClF2NO3. The largest absolute Gasteiger partial charge is 0.481 e. The van der Waals surface area contributed by atoms with Crippen LogP contribution in [0.2, 0.25) is 0 Å². The van der Waals surface area contributed by atoms with Gasteiger partial charge in [-0.3, -0.25) is 9.69 Å². The van der Waals surface area contributed by atoms with Gasteiger partial charge in [-0.1, -0.05) is 30.3 Å². The lowest BCUT2D eigenvalue weighted by molar-refractivity contribution is -0.267. The number of carboxylic acids is 1. The molecule has 1 aromatic rings. The monoisotopic (exact) mass is 333 g/mol. The van der Waals surface area contributed by atoms with E-state index in [2.05, 4.69) is 0 Å². The molecule has 0 radical (unpaired) electrons. The van der Waals surface area contributed by atoms with Crippen LogP contribution in [0.15, 0.2) is 30.3 Å². The molecule has 122 valence electrons. The second-order valence-electron chi connectivity index (χ2n) is 5.88. The highest BCUT2D eigenvalue weighted by Crippen LogP contribution is 2.50. The summed E-state index contributed by atoms with van der Waals surface area (Å²) in [6.45, 7) is -0.0927. The first kappa shape index (κ1) is 17.1. The van der Waals surface area contributed by atoms with E-state index in [1.54, 1.807) is 4.90 Å². The van der Waals surface area contributed by atoms with E-state index in [0.29, 0.717) is 6.54 Å². The van der Waals surface area contributed by atoms with Gasteiger partial charge >= 0.3 is 5.97 Å². The molecule has 4 nitrogen and oxygen atoms in total. The first-order valence-corrected chi connectivity index (χ1v) is 6.91. The molecule has 2 aliphatic rings. The van der Waals surface area contributed by atoms with Crippen LogP contribution in [-0.4, -0.2) is 48.2 Å². The Kier molecular flexibility index (Phi) is 4.75. The second kappa shape index (κ2) is 6.10. The van der Waals surface area contributed by atoms with Crippen molar-refractivity contribution in [3.63, 3.8) is 0 Å². The number of carboxylic acid groups (broad SMARTS) is 1. The topological polar surface area (TPSA) is 49.8 Å². The molecule has 1 N–H and O–H groups in total. The smallest absolute Gasteiger partial charge is 0.319 e. The minimum atomic E-state index is -3.23. The molecule has 2 fully saturated rings. The van der Waals surface area contributed by atoms with E-state index in [0.717, 1.165) is 5.56 Å². The highest BCUT2D eigenvalue weighted by molar-refractivity contribution is 5.85. The number of ether oxygens (including phenoxy) is 1. The molecule has 2 bridgehead atoms. The summed E-state index contributed by atoms with van der Waals surface area (Å²) in [6.07, 6.45) is 0. The Balaban J connectivity index is 0.00000176. The number of halogens is 3. The number of fused-ring (bicyclic) bond motifs is 2. The van der Waals surface area contributed by atoms with Gasteiger partial charge in [-0.15, -0.1) is 12.4 Å². The third-order valence-corrected chi connectivity index (χ3v) is 4.45. The Bertz CT molecular complexity index is 543. The number of likely N-dealkylation sites (tertiary alicyclic amines) is 1. The molecular weight excluding hydrogens is 316 g/mol. The number of piperidine rings is 1. The van der Waals surface area contributed by atoms with Crippen molar-refractivity contribution in [3.8, 4) is 0 Å². The zero-order valence-corrected chi connectivity index (χ0v) is 12.7. The highest BCUT2D eigenvalue weighted by Gasteiger charge is 2.68. The molecule has 2 heterocycles. The standard InChI is InChI=1S/C15H17F2NO3.ClH/c16-15(17)12-7-18(6-11-4-2-1-3-5-11)9-14(15,13(19)20)10-21-8-12;/h1-5,12H,6-10H2,(H,19,20);1H.